The summed E-state index contributed by atoms with van der Waals surface area (Å²) in [6.07, 6.45) is 0. The summed E-state index contributed by atoms with van der Waals surface area (Å²) >= 11 is 0. The van der Waals surface area contributed by atoms with E-state index in [1.807, 2.05) is 0 Å². The van der Waals surface area contributed by atoms with Crippen molar-refractivity contribution in [1.82, 2.24) is 0 Å². The van der Waals surface area contributed by atoms with E-state index in [0.717, 1.165) is 27.7 Å². The van der Waals surface area contributed by atoms with Crippen LogP contribution in [0.25, 0.3) is 0 Å². The van der Waals surface area contributed by atoms with Crippen LogP contribution < -0.4 is 20.4 Å². The Morgan fingerprint density at radius 1 is 0.529 bits per heavy atom. The van der Waals surface area contributed by atoms with E-state index in [-0.39, 0.29) is 20.1 Å². The molecule has 17 heavy (non-hydrogen) atoms. The zero-order chi connectivity index (χ0) is 14.3. The van der Waals surface area contributed by atoms with Crippen molar-refractivity contribution in [3.8, 4) is 0 Å². The smallest absolute Gasteiger partial charge is 0.550 e. The largest absolute Gasteiger partial charge is 4.00 e. The number of hydrogen-bond acceptors (Lipinski definition) is 8. The van der Waals surface area contributed by atoms with Gasteiger partial charge in [0, 0.05) is 23.9 Å². The van der Waals surface area contributed by atoms with Gasteiger partial charge in [-0.25, -0.2) is 0 Å². The Labute approximate surface area is 112 Å². The SMILES string of the molecule is CC(=O)[O-].CC(=O)[O-].CC(=O)[O-].CC(=O)[O-].[Tc+4]. The van der Waals surface area contributed by atoms with Crippen LogP contribution in [-0.2, 0) is 39.3 Å². The van der Waals surface area contributed by atoms with Gasteiger partial charge in [-0.1, -0.05) is 0 Å². The summed E-state index contributed by atoms with van der Waals surface area (Å²) in [5.41, 5.74) is 0. The zero-order valence-corrected chi connectivity index (χ0v) is 11.5. The molecule has 0 aliphatic rings. The summed E-state index contributed by atoms with van der Waals surface area (Å²) in [6.45, 7) is 3.89. The number of carboxylic acid groups (broad SMARTS) is 4. The molecule has 0 bridgehead atoms. The van der Waals surface area contributed by atoms with Gasteiger partial charge in [-0.15, -0.1) is 0 Å². The Hall–Kier alpha value is -1.47. The molecule has 0 saturated heterocycles. The zero-order valence-electron chi connectivity index (χ0n) is 9.64. The summed E-state index contributed by atoms with van der Waals surface area (Å²) in [7, 11) is 0. The van der Waals surface area contributed by atoms with E-state index in [2.05, 4.69) is 0 Å². The maximum Gasteiger partial charge on any atom is 4.00 e. The van der Waals surface area contributed by atoms with Gasteiger partial charge in [0.05, 0.1) is 0 Å². The van der Waals surface area contributed by atoms with E-state index in [1.165, 1.54) is 0 Å². The van der Waals surface area contributed by atoms with Crippen molar-refractivity contribution in [2.24, 2.45) is 0 Å². The van der Waals surface area contributed by atoms with Crippen LogP contribution in [-0.4, -0.2) is 23.9 Å². The third-order valence-electron chi connectivity index (χ3n) is 0. The minimum absolute atomic E-state index is 0. The van der Waals surface area contributed by atoms with Crippen LogP contribution in [0.2, 0.25) is 0 Å². The molecule has 0 aliphatic heterocycles. The summed E-state index contributed by atoms with van der Waals surface area (Å²) in [6, 6.07) is 0. The fourth-order valence-electron chi connectivity index (χ4n) is 0. The number of carbonyl (C=O) groups excluding carboxylic acids is 4. The van der Waals surface area contributed by atoms with E-state index < -0.39 is 23.9 Å². The molecule has 0 aromatic rings. The molecule has 0 aromatic heterocycles. The molecule has 0 rings (SSSR count). The summed E-state index contributed by atoms with van der Waals surface area (Å²) in [5.74, 6) is -4.33. The normalized spacial score (nSPS) is 5.88. The minimum atomic E-state index is -1.08. The second-order valence-corrected chi connectivity index (χ2v) is 1.97. The van der Waals surface area contributed by atoms with Gasteiger partial charge in [-0.2, -0.15) is 0 Å². The van der Waals surface area contributed by atoms with Gasteiger partial charge in [0.25, 0.3) is 0 Å². The first-order chi connectivity index (χ1) is 6.93. The monoisotopic (exact) mass is 333 g/mol. The molecule has 9 heteroatoms. The van der Waals surface area contributed by atoms with Crippen molar-refractivity contribution >= 4 is 23.9 Å². The van der Waals surface area contributed by atoms with Gasteiger partial charge >= 0.3 is 20.1 Å². The Kier molecular flexibility index (Phi) is 41.7. The van der Waals surface area contributed by atoms with Gasteiger partial charge in [0.1, 0.15) is 0 Å². The van der Waals surface area contributed by atoms with Crippen molar-refractivity contribution in [1.29, 1.82) is 0 Å². The molecular formula is C8H12O8Tc. The second kappa shape index (κ2) is 24.0. The average molecular weight is 334 g/mol. The predicted octanol–water partition coefficient (Wildman–Crippen LogP) is -4.98. The first-order valence-electron chi connectivity index (χ1n) is 3.63. The Bertz CT molecular complexity index is 162. The fraction of sp³-hybridized carbons (Fsp3) is 0.500. The van der Waals surface area contributed by atoms with Crippen LogP contribution in [0, 0.1) is 0 Å². The minimum Gasteiger partial charge on any atom is -0.550 e. The third-order valence-corrected chi connectivity index (χ3v) is 0. The summed E-state index contributed by atoms with van der Waals surface area (Å²) < 4.78 is 0. The Morgan fingerprint density at radius 3 is 0.529 bits per heavy atom. The van der Waals surface area contributed by atoms with E-state index in [9.17, 15) is 0 Å². The van der Waals surface area contributed by atoms with Crippen molar-refractivity contribution in [3.63, 3.8) is 0 Å². The molecule has 0 atom stereocenters. The molecular weight excluding hydrogens is 322 g/mol. The van der Waals surface area contributed by atoms with Crippen LogP contribution in [0.15, 0.2) is 0 Å². The first-order valence-corrected chi connectivity index (χ1v) is 3.63. The van der Waals surface area contributed by atoms with Gasteiger partial charge in [-0.05, 0) is 27.7 Å². The molecule has 0 saturated carbocycles. The fourth-order valence-corrected chi connectivity index (χ4v) is 0. The number of rotatable bonds is 0. The van der Waals surface area contributed by atoms with Crippen molar-refractivity contribution < 1.29 is 59.7 Å². The Balaban J connectivity index is -0.0000000369. The van der Waals surface area contributed by atoms with E-state index in [4.69, 9.17) is 39.6 Å². The number of carbonyl (C=O) groups is 4. The Morgan fingerprint density at radius 2 is 0.529 bits per heavy atom. The molecule has 0 unspecified atom stereocenters. The standard InChI is InChI=1S/4C2H4O2.Tc/c4*1-2(3)4;/h4*1H3,(H,3,4);/q;;;;+4/p-4. The van der Waals surface area contributed by atoms with Gasteiger partial charge in [0.15, 0.2) is 0 Å². The quantitative estimate of drug-likeness (QED) is 0.425. The van der Waals surface area contributed by atoms with Crippen LogP contribution >= 0.6 is 0 Å². The molecule has 0 aromatic carbocycles. The molecule has 0 heterocycles. The molecule has 8 nitrogen and oxygen atoms in total. The number of carboxylic acids is 4. The van der Waals surface area contributed by atoms with Crippen LogP contribution in [0.1, 0.15) is 27.7 Å². The number of hydrogen-bond donors (Lipinski definition) is 0. The molecule has 0 spiro atoms. The van der Waals surface area contributed by atoms with Crippen molar-refractivity contribution in [2.45, 2.75) is 27.7 Å². The van der Waals surface area contributed by atoms with Crippen LogP contribution in [0.4, 0.5) is 0 Å². The number of aliphatic carboxylic acids is 4. The summed E-state index contributed by atoms with van der Waals surface area (Å²) in [5, 5.41) is 35.6. The molecule has 0 N–H and O–H groups in total. The molecule has 0 aliphatic carbocycles. The van der Waals surface area contributed by atoms with Crippen LogP contribution in [0.5, 0.6) is 0 Å². The van der Waals surface area contributed by atoms with Crippen LogP contribution in [0.3, 0.4) is 0 Å². The summed E-state index contributed by atoms with van der Waals surface area (Å²) in [4.78, 5) is 35.6. The maximum atomic E-state index is 8.89. The van der Waals surface area contributed by atoms with E-state index in [0.29, 0.717) is 0 Å². The van der Waals surface area contributed by atoms with E-state index in [1.54, 1.807) is 0 Å². The molecule has 0 fully saturated rings. The second-order valence-electron chi connectivity index (χ2n) is 1.97. The van der Waals surface area contributed by atoms with E-state index >= 15 is 0 Å². The predicted molar refractivity (Wildman–Crippen MR) is 42.7 cm³/mol. The average Bonchev–Trinajstić information content (AvgIpc) is 1.76. The molecule has 0 amide bonds. The van der Waals surface area contributed by atoms with Gasteiger partial charge < -0.3 is 39.6 Å². The maximum absolute atomic E-state index is 8.89. The van der Waals surface area contributed by atoms with Crippen molar-refractivity contribution in [3.05, 3.63) is 0 Å². The first kappa shape index (κ1) is 29.6. The van der Waals surface area contributed by atoms with Crippen molar-refractivity contribution in [2.75, 3.05) is 0 Å². The molecule has 1 radical (unpaired) electrons. The third kappa shape index (κ3) is 1050. The molecule has 99 valence electrons. The topological polar surface area (TPSA) is 161 Å². The van der Waals surface area contributed by atoms with Gasteiger partial charge in [-0.3, -0.25) is 0 Å². The van der Waals surface area contributed by atoms with Gasteiger partial charge in [0.2, 0.25) is 0 Å².